The van der Waals surface area contributed by atoms with Crippen molar-refractivity contribution >= 4 is 23.4 Å². The molecule has 16 heteroatoms. The van der Waals surface area contributed by atoms with Crippen molar-refractivity contribution in [2.75, 3.05) is 25.0 Å². The molecule has 16 nitrogen and oxygen atoms in total. The van der Waals surface area contributed by atoms with Crippen molar-refractivity contribution < 1.29 is 14.4 Å². The van der Waals surface area contributed by atoms with Gasteiger partial charge in [-0.25, -0.2) is 4.98 Å². The van der Waals surface area contributed by atoms with Crippen molar-refractivity contribution in [3.8, 4) is 22.4 Å². The van der Waals surface area contributed by atoms with Crippen molar-refractivity contribution in [1.82, 2.24) is 61.0 Å². The fourth-order valence-electron chi connectivity index (χ4n) is 5.71. The van der Waals surface area contributed by atoms with E-state index in [2.05, 4.69) is 56.5 Å². The number of H-pyrrole nitrogens is 3. The van der Waals surface area contributed by atoms with Gasteiger partial charge in [0, 0.05) is 25.3 Å². The predicted molar refractivity (Wildman–Crippen MR) is 153 cm³/mol. The van der Waals surface area contributed by atoms with E-state index >= 15 is 0 Å². The summed E-state index contributed by atoms with van der Waals surface area (Å²) in [4.78, 5) is 49.3. The molecule has 4 N–H and O–H groups in total. The molecule has 0 spiro atoms. The smallest absolute Gasteiger partial charge is 0.296 e. The Bertz CT molecular complexity index is 1770. The van der Waals surface area contributed by atoms with Crippen LogP contribution in [0.3, 0.4) is 0 Å². The molecule has 2 atom stereocenters. The maximum atomic E-state index is 12.9. The summed E-state index contributed by atoms with van der Waals surface area (Å²) < 4.78 is 0. The molecule has 0 radical (unpaired) electrons. The highest BCUT2D eigenvalue weighted by Gasteiger charge is 2.35. The van der Waals surface area contributed by atoms with Crippen LogP contribution < -0.4 is 5.32 Å². The molecule has 222 valence electrons. The van der Waals surface area contributed by atoms with Gasteiger partial charge in [-0.2, -0.15) is 10.4 Å². The third kappa shape index (κ3) is 5.28. The average Bonchev–Trinajstić information content (AvgIpc) is 3.90. The number of hydrogen-bond donors (Lipinski definition) is 4. The van der Waals surface area contributed by atoms with Crippen molar-refractivity contribution in [2.24, 2.45) is 5.92 Å². The molecule has 5 heterocycles. The zero-order valence-corrected chi connectivity index (χ0v) is 23.3. The Morgan fingerprint density at radius 3 is 2.14 bits per heavy atom. The first-order valence-corrected chi connectivity index (χ1v) is 14.2. The number of aromatic nitrogens is 10. The summed E-state index contributed by atoms with van der Waals surface area (Å²) in [5.41, 5.74) is 4.52. The molecule has 5 aromatic rings. The monoisotopic (exact) mass is 593 g/mol. The van der Waals surface area contributed by atoms with E-state index in [0.29, 0.717) is 31.7 Å². The van der Waals surface area contributed by atoms with E-state index < -0.39 is 0 Å². The Balaban J connectivity index is 0.964. The molecular formula is C28H27N13O3. The molecule has 0 bridgehead atoms. The van der Waals surface area contributed by atoms with Crippen molar-refractivity contribution in [1.29, 1.82) is 0 Å². The van der Waals surface area contributed by atoms with Crippen LogP contribution in [0, 0.1) is 5.92 Å². The number of aromatic amines is 3. The summed E-state index contributed by atoms with van der Waals surface area (Å²) in [5.74, 6) is -0.298. The number of hydrogen-bond acceptors (Lipinski definition) is 10. The lowest BCUT2D eigenvalue weighted by molar-refractivity contribution is -0.119. The largest absolute Gasteiger partial charge is 0.340 e. The standard InChI is InChI=1S/C28H27N13O3/c42-26(19-11-13-40(15-19)27(43)24-32-36-37-33-24)30-20-9-7-17(8-10-20)16-3-5-18(6-4-16)21-14-29-23(31-21)22-2-1-12-41(22)28(44)25-34-38-39-35-25/h3-10,14,19,22H,1-2,11-13,15H2,(H,29,31)(H,30,42)(H,32,33,36,37)(H,34,35,38,39)/t19-,22-/m0/s1. The summed E-state index contributed by atoms with van der Waals surface area (Å²) in [6.07, 6.45) is 4.01. The van der Waals surface area contributed by atoms with Crippen molar-refractivity contribution in [2.45, 2.75) is 25.3 Å². The highest BCUT2D eigenvalue weighted by molar-refractivity contribution is 5.95. The Kier molecular flexibility index (Phi) is 7.05. The van der Waals surface area contributed by atoms with E-state index in [0.717, 1.165) is 41.1 Å². The van der Waals surface area contributed by atoms with E-state index in [1.165, 1.54) is 0 Å². The molecule has 2 fully saturated rings. The number of amides is 3. The Morgan fingerprint density at radius 2 is 1.45 bits per heavy atom. The number of rotatable bonds is 7. The second kappa shape index (κ2) is 11.5. The zero-order valence-electron chi connectivity index (χ0n) is 23.3. The van der Waals surface area contributed by atoms with Crippen LogP contribution in [-0.2, 0) is 4.79 Å². The van der Waals surface area contributed by atoms with Gasteiger partial charge in [0.2, 0.25) is 5.91 Å². The molecule has 2 saturated heterocycles. The number of carbonyl (C=O) groups excluding carboxylic acids is 3. The SMILES string of the molecule is O=C(Nc1ccc(-c2ccc(-c3cnc([C@@H]4CCCN4C(=O)c4nn[nH]n4)[nH]3)cc2)cc1)[C@H]1CCN(C(=O)c2nn[nH]n2)C1. The Hall–Kier alpha value is -5.80. The first-order valence-electron chi connectivity index (χ1n) is 14.2. The third-order valence-corrected chi connectivity index (χ3v) is 8.03. The minimum atomic E-state index is -0.341. The maximum absolute atomic E-state index is 12.9. The quantitative estimate of drug-likeness (QED) is 0.215. The molecule has 2 aromatic carbocycles. The van der Waals surface area contributed by atoms with Crippen LogP contribution in [0.1, 0.15) is 52.4 Å². The van der Waals surface area contributed by atoms with Crippen molar-refractivity contribution in [3.05, 3.63) is 72.2 Å². The topological polar surface area (TPSA) is 207 Å². The van der Waals surface area contributed by atoms with Gasteiger partial charge in [0.05, 0.1) is 23.9 Å². The first kappa shape index (κ1) is 27.1. The molecule has 2 aliphatic rings. The highest BCUT2D eigenvalue weighted by atomic mass is 16.2. The molecule has 3 amide bonds. The van der Waals surface area contributed by atoms with E-state index in [1.807, 2.05) is 48.5 Å². The fraction of sp³-hybridized carbons (Fsp3) is 0.286. The van der Waals surface area contributed by atoms with Crippen LogP contribution in [0.4, 0.5) is 5.69 Å². The minimum absolute atomic E-state index is 0.00434. The number of nitrogens with zero attached hydrogens (tertiary/aromatic N) is 9. The van der Waals surface area contributed by atoms with Gasteiger partial charge in [-0.3, -0.25) is 14.4 Å². The van der Waals surface area contributed by atoms with Crippen molar-refractivity contribution in [3.63, 3.8) is 0 Å². The predicted octanol–water partition coefficient (Wildman–Crippen LogP) is 1.85. The average molecular weight is 594 g/mol. The van der Waals surface area contributed by atoms with E-state index in [9.17, 15) is 14.4 Å². The normalized spacial score (nSPS) is 18.1. The molecule has 7 rings (SSSR count). The number of nitrogens with one attached hydrogen (secondary N) is 4. The van der Waals surface area contributed by atoms with Crippen LogP contribution in [0.2, 0.25) is 0 Å². The van der Waals surface area contributed by atoms with Crippen LogP contribution in [-0.4, -0.2) is 98.4 Å². The minimum Gasteiger partial charge on any atom is -0.340 e. The van der Waals surface area contributed by atoms with Crippen LogP contribution >= 0.6 is 0 Å². The van der Waals surface area contributed by atoms with Gasteiger partial charge in [-0.15, -0.1) is 20.4 Å². The maximum Gasteiger partial charge on any atom is 0.296 e. The second-order valence-corrected chi connectivity index (χ2v) is 10.7. The molecule has 2 aliphatic heterocycles. The number of imidazole rings is 1. The van der Waals surface area contributed by atoms with Crippen LogP contribution in [0.25, 0.3) is 22.4 Å². The Morgan fingerprint density at radius 1 is 0.795 bits per heavy atom. The van der Waals surface area contributed by atoms with E-state index in [4.69, 9.17) is 0 Å². The lowest BCUT2D eigenvalue weighted by atomic mass is 10.0. The number of likely N-dealkylation sites (tertiary alicyclic amines) is 2. The Labute approximate surface area is 249 Å². The number of anilines is 1. The highest BCUT2D eigenvalue weighted by Crippen LogP contribution is 2.33. The molecule has 3 aromatic heterocycles. The lowest BCUT2D eigenvalue weighted by Gasteiger charge is -2.21. The van der Waals surface area contributed by atoms with E-state index in [1.54, 1.807) is 16.0 Å². The fourth-order valence-corrected chi connectivity index (χ4v) is 5.71. The molecule has 44 heavy (non-hydrogen) atoms. The van der Waals surface area contributed by atoms with Gasteiger partial charge in [0.1, 0.15) is 5.82 Å². The molecular weight excluding hydrogens is 566 g/mol. The van der Waals surface area contributed by atoms with Gasteiger partial charge in [0.15, 0.2) is 0 Å². The van der Waals surface area contributed by atoms with Gasteiger partial charge >= 0.3 is 0 Å². The summed E-state index contributed by atoms with van der Waals surface area (Å²) in [6.45, 7) is 1.37. The lowest BCUT2D eigenvalue weighted by Crippen LogP contribution is -2.32. The molecule has 0 aliphatic carbocycles. The van der Waals surface area contributed by atoms with Gasteiger partial charge in [-0.05, 0) is 58.5 Å². The van der Waals surface area contributed by atoms with Crippen LogP contribution in [0.15, 0.2) is 54.7 Å². The summed E-state index contributed by atoms with van der Waals surface area (Å²) in [5, 5.41) is 29.5. The van der Waals surface area contributed by atoms with Gasteiger partial charge in [0.25, 0.3) is 23.5 Å². The summed E-state index contributed by atoms with van der Waals surface area (Å²) >= 11 is 0. The number of benzene rings is 2. The second-order valence-electron chi connectivity index (χ2n) is 10.7. The summed E-state index contributed by atoms with van der Waals surface area (Å²) in [7, 11) is 0. The van der Waals surface area contributed by atoms with Gasteiger partial charge in [-0.1, -0.05) is 36.4 Å². The number of carbonyl (C=O) groups is 3. The zero-order chi connectivity index (χ0) is 30.0. The van der Waals surface area contributed by atoms with Crippen LogP contribution in [0.5, 0.6) is 0 Å². The third-order valence-electron chi connectivity index (χ3n) is 8.03. The first-order chi connectivity index (χ1) is 21.5. The summed E-state index contributed by atoms with van der Waals surface area (Å²) in [6, 6.07) is 15.5. The van der Waals surface area contributed by atoms with E-state index in [-0.39, 0.29) is 41.3 Å². The number of tetrazole rings is 2. The molecule has 0 unspecified atom stereocenters. The van der Waals surface area contributed by atoms with Gasteiger partial charge < -0.3 is 20.1 Å². The molecule has 0 saturated carbocycles.